The van der Waals surface area contributed by atoms with E-state index in [2.05, 4.69) is 25.7 Å². The lowest BCUT2D eigenvalue weighted by atomic mass is 10.1. The van der Waals surface area contributed by atoms with Crippen molar-refractivity contribution < 1.29 is 0 Å². The fourth-order valence-corrected chi connectivity index (χ4v) is 0.816. The summed E-state index contributed by atoms with van der Waals surface area (Å²) < 4.78 is 0. The van der Waals surface area contributed by atoms with Gasteiger partial charge in [0.15, 0.2) is 0 Å². The van der Waals surface area contributed by atoms with Gasteiger partial charge in [0.2, 0.25) is 0 Å². The van der Waals surface area contributed by atoms with Crippen LogP contribution < -0.4 is 0 Å². The smallest absolute Gasteiger partial charge is 0.0155 e. The summed E-state index contributed by atoms with van der Waals surface area (Å²) in [5, 5.41) is 0. The van der Waals surface area contributed by atoms with E-state index in [1.165, 1.54) is 18.4 Å². The van der Waals surface area contributed by atoms with Gasteiger partial charge in [0.1, 0.15) is 0 Å². The summed E-state index contributed by atoms with van der Waals surface area (Å²) in [6.45, 7) is 6.13. The van der Waals surface area contributed by atoms with Crippen molar-refractivity contribution in [3.05, 3.63) is 24.3 Å². The normalized spacial score (nSPS) is 16.6. The first-order chi connectivity index (χ1) is 3.84. The third kappa shape index (κ3) is 1.22. The van der Waals surface area contributed by atoms with Gasteiger partial charge in [-0.3, -0.25) is 0 Å². The van der Waals surface area contributed by atoms with Crippen LogP contribution >= 0.6 is 0 Å². The van der Waals surface area contributed by atoms with Gasteiger partial charge < -0.3 is 0 Å². The van der Waals surface area contributed by atoms with Crippen LogP contribution in [0.25, 0.3) is 0 Å². The first kappa shape index (κ1) is 5.61. The zero-order valence-corrected chi connectivity index (χ0v) is 5.35. The lowest BCUT2D eigenvalue weighted by Crippen LogP contribution is -1.82. The van der Waals surface area contributed by atoms with E-state index in [0.29, 0.717) is 5.92 Å². The molecule has 0 nitrogen and oxygen atoms in total. The van der Waals surface area contributed by atoms with Crippen molar-refractivity contribution in [2.75, 3.05) is 0 Å². The first-order valence-corrected chi connectivity index (χ1v) is 3.20. The van der Waals surface area contributed by atoms with Gasteiger partial charge in [-0.25, -0.2) is 0 Å². The molecule has 0 aromatic carbocycles. The quantitative estimate of drug-likeness (QED) is 0.487. The maximum Gasteiger partial charge on any atom is 0.0155 e. The molecule has 0 heterocycles. The van der Waals surface area contributed by atoms with Gasteiger partial charge in [0.05, 0.1) is 0 Å². The van der Waals surface area contributed by atoms with Crippen molar-refractivity contribution in [1.29, 1.82) is 0 Å². The Morgan fingerprint density at radius 2 is 2.25 bits per heavy atom. The Morgan fingerprint density at radius 3 is 2.62 bits per heavy atom. The molecule has 0 saturated carbocycles. The molecule has 8 heavy (non-hydrogen) atoms. The molecule has 0 spiro atoms. The highest BCUT2D eigenvalue weighted by molar-refractivity contribution is 5.28. The lowest BCUT2D eigenvalue weighted by Gasteiger charge is -1.97. The number of hydrogen-bond donors (Lipinski definition) is 0. The molecule has 0 unspecified atom stereocenters. The van der Waals surface area contributed by atoms with Crippen molar-refractivity contribution in [1.82, 2.24) is 0 Å². The number of rotatable bonds is 3. The highest BCUT2D eigenvalue weighted by atomic mass is 14.2. The van der Waals surface area contributed by atoms with E-state index in [9.17, 15) is 0 Å². The Bertz CT molecular complexity index is 114. The molecule has 0 N–H and O–H groups in total. The third-order valence-electron chi connectivity index (χ3n) is 1.43. The Labute approximate surface area is 50.9 Å². The Balaban J connectivity index is 2.14. The Morgan fingerprint density at radius 1 is 1.62 bits per heavy atom. The summed E-state index contributed by atoms with van der Waals surface area (Å²) in [4.78, 5) is 0. The largest absolute Gasteiger partial charge is 0.0989 e. The van der Waals surface area contributed by atoms with Crippen LogP contribution in [0.1, 0.15) is 19.8 Å². The molecule has 1 aliphatic carbocycles. The van der Waals surface area contributed by atoms with Crippen LogP contribution in [0.4, 0.5) is 0 Å². The van der Waals surface area contributed by atoms with Crippen LogP contribution in [-0.4, -0.2) is 0 Å². The Kier molecular flexibility index (Phi) is 1.52. The molecule has 0 bridgehead atoms. The summed E-state index contributed by atoms with van der Waals surface area (Å²) in [6, 6.07) is 0. The molecular formula is C8H12. The minimum atomic E-state index is 0.676. The van der Waals surface area contributed by atoms with E-state index < -0.39 is 0 Å². The van der Waals surface area contributed by atoms with Crippen LogP contribution in [0, 0.1) is 5.92 Å². The summed E-state index contributed by atoms with van der Waals surface area (Å²) >= 11 is 0. The van der Waals surface area contributed by atoms with Gasteiger partial charge in [-0.15, -0.1) is 0 Å². The second-order valence-corrected chi connectivity index (χ2v) is 2.32. The van der Waals surface area contributed by atoms with E-state index in [0.717, 1.165) is 0 Å². The van der Waals surface area contributed by atoms with Crippen LogP contribution in [0.2, 0.25) is 0 Å². The molecule has 0 amide bonds. The molecule has 0 saturated heterocycles. The van der Waals surface area contributed by atoms with Crippen LogP contribution in [-0.2, 0) is 0 Å². The van der Waals surface area contributed by atoms with Gasteiger partial charge in [-0.1, -0.05) is 37.6 Å². The van der Waals surface area contributed by atoms with Gasteiger partial charge in [-0.05, 0) is 6.42 Å². The minimum absolute atomic E-state index is 0.676. The van der Waals surface area contributed by atoms with Crippen molar-refractivity contribution in [3.63, 3.8) is 0 Å². The molecule has 0 radical (unpaired) electrons. The molecule has 0 aromatic heterocycles. The van der Waals surface area contributed by atoms with Gasteiger partial charge in [-0.2, -0.15) is 0 Å². The lowest BCUT2D eigenvalue weighted by molar-refractivity contribution is 0.856. The van der Waals surface area contributed by atoms with E-state index in [1.807, 2.05) is 0 Å². The molecular weight excluding hydrogens is 96.1 g/mol. The number of hydrogen-bond acceptors (Lipinski definition) is 0. The van der Waals surface area contributed by atoms with Crippen molar-refractivity contribution in [3.8, 4) is 0 Å². The molecule has 0 atom stereocenters. The summed E-state index contributed by atoms with van der Waals surface area (Å²) in [7, 11) is 0. The third-order valence-corrected chi connectivity index (χ3v) is 1.43. The zero-order valence-electron chi connectivity index (χ0n) is 5.35. The zero-order chi connectivity index (χ0) is 5.98. The van der Waals surface area contributed by atoms with Crippen LogP contribution in [0.15, 0.2) is 24.3 Å². The molecule has 0 aromatic rings. The topological polar surface area (TPSA) is 0 Å². The molecule has 0 aliphatic heterocycles. The SMILES string of the molecule is C=C(CCC)C1C=C1. The van der Waals surface area contributed by atoms with Gasteiger partial charge in [0.25, 0.3) is 0 Å². The summed E-state index contributed by atoms with van der Waals surface area (Å²) in [6.07, 6.45) is 6.81. The minimum Gasteiger partial charge on any atom is -0.0989 e. The monoisotopic (exact) mass is 108 g/mol. The van der Waals surface area contributed by atoms with Crippen molar-refractivity contribution >= 4 is 0 Å². The first-order valence-electron chi connectivity index (χ1n) is 3.20. The van der Waals surface area contributed by atoms with Crippen molar-refractivity contribution in [2.45, 2.75) is 19.8 Å². The van der Waals surface area contributed by atoms with E-state index in [-0.39, 0.29) is 0 Å². The van der Waals surface area contributed by atoms with E-state index in [4.69, 9.17) is 0 Å². The van der Waals surface area contributed by atoms with E-state index in [1.54, 1.807) is 0 Å². The molecule has 1 aliphatic rings. The highest BCUT2D eigenvalue weighted by Gasteiger charge is 2.12. The molecule has 1 rings (SSSR count). The second kappa shape index (κ2) is 2.17. The fourth-order valence-electron chi connectivity index (χ4n) is 0.816. The standard InChI is InChI=1S/C8H12/c1-3-4-7(2)8-5-6-8/h5-6,8H,2-4H2,1H3. The van der Waals surface area contributed by atoms with E-state index >= 15 is 0 Å². The predicted molar refractivity (Wildman–Crippen MR) is 36.7 cm³/mol. The highest BCUT2D eigenvalue weighted by Crippen LogP contribution is 2.26. The fraction of sp³-hybridized carbons (Fsp3) is 0.500. The maximum atomic E-state index is 3.94. The summed E-state index contributed by atoms with van der Waals surface area (Å²) in [5.74, 6) is 0.676. The molecule has 0 heteroatoms. The average Bonchev–Trinajstić information content (AvgIpc) is 2.45. The molecule has 44 valence electrons. The predicted octanol–water partition coefficient (Wildman–Crippen LogP) is 2.53. The van der Waals surface area contributed by atoms with Crippen LogP contribution in [0.5, 0.6) is 0 Å². The van der Waals surface area contributed by atoms with Crippen molar-refractivity contribution in [2.24, 2.45) is 5.92 Å². The second-order valence-electron chi connectivity index (χ2n) is 2.32. The Hall–Kier alpha value is -0.520. The number of allylic oxidation sites excluding steroid dienone is 3. The maximum absolute atomic E-state index is 3.94. The van der Waals surface area contributed by atoms with Crippen LogP contribution in [0.3, 0.4) is 0 Å². The average molecular weight is 108 g/mol. The molecule has 0 fully saturated rings. The van der Waals surface area contributed by atoms with Gasteiger partial charge in [0, 0.05) is 5.92 Å². The van der Waals surface area contributed by atoms with Gasteiger partial charge >= 0.3 is 0 Å². The summed E-state index contributed by atoms with van der Waals surface area (Å²) in [5.41, 5.74) is 1.38.